The predicted octanol–water partition coefficient (Wildman–Crippen LogP) is 0.574. The number of piperidine rings is 1. The molecule has 0 amide bonds. The van der Waals surface area contributed by atoms with Crippen molar-refractivity contribution >= 4 is 15.8 Å². The van der Waals surface area contributed by atoms with E-state index in [1.54, 1.807) is 0 Å². The number of aromatic nitrogens is 1. The van der Waals surface area contributed by atoms with Crippen LogP contribution in [-0.2, 0) is 14.8 Å². The number of carbonyl (C=O) groups excluding carboxylic acids is 1. The average Bonchev–Trinajstić information content (AvgIpc) is 2.30. The van der Waals surface area contributed by atoms with Crippen LogP contribution in [0.15, 0.2) is 23.4 Å². The molecule has 0 spiro atoms. The van der Waals surface area contributed by atoms with Crippen LogP contribution in [-0.4, -0.2) is 36.6 Å². The lowest BCUT2D eigenvalue weighted by Crippen LogP contribution is -2.39. The van der Waals surface area contributed by atoms with Gasteiger partial charge in [0.2, 0.25) is 5.03 Å². The van der Waals surface area contributed by atoms with Gasteiger partial charge < -0.3 is 0 Å². The van der Waals surface area contributed by atoms with E-state index >= 15 is 0 Å². The SMILES string of the molecule is O=C1CCN(S(=O)(=O)c2ncccc2F)CC1. The van der Waals surface area contributed by atoms with Gasteiger partial charge in [-0.3, -0.25) is 4.79 Å². The van der Waals surface area contributed by atoms with Crippen molar-refractivity contribution in [1.82, 2.24) is 9.29 Å². The van der Waals surface area contributed by atoms with Crippen molar-refractivity contribution in [2.24, 2.45) is 0 Å². The number of rotatable bonds is 2. The molecule has 0 bridgehead atoms. The highest BCUT2D eigenvalue weighted by atomic mass is 32.2. The van der Waals surface area contributed by atoms with Gasteiger partial charge in [-0.25, -0.2) is 17.8 Å². The largest absolute Gasteiger partial charge is 0.300 e. The maximum Gasteiger partial charge on any atom is 0.263 e. The Balaban J connectivity index is 2.31. The Morgan fingerprint density at radius 2 is 1.94 bits per heavy atom. The Hall–Kier alpha value is -1.34. The van der Waals surface area contributed by atoms with Gasteiger partial charge in [-0.15, -0.1) is 0 Å². The van der Waals surface area contributed by atoms with Crippen LogP contribution in [0, 0.1) is 5.82 Å². The molecule has 1 aliphatic rings. The number of sulfonamides is 1. The molecule has 2 heterocycles. The third-order valence-electron chi connectivity index (χ3n) is 2.59. The van der Waals surface area contributed by atoms with Crippen molar-refractivity contribution in [2.45, 2.75) is 17.9 Å². The summed E-state index contributed by atoms with van der Waals surface area (Å²) in [6.07, 6.45) is 1.58. The van der Waals surface area contributed by atoms with E-state index in [9.17, 15) is 17.6 Å². The fraction of sp³-hybridized carbons (Fsp3) is 0.400. The highest BCUT2D eigenvalue weighted by molar-refractivity contribution is 7.89. The number of pyridine rings is 1. The standard InChI is InChI=1S/C10H11FN2O3S/c11-9-2-1-5-12-10(9)17(15,16)13-6-3-8(14)4-7-13/h1-2,5H,3-4,6-7H2. The zero-order valence-corrected chi connectivity index (χ0v) is 9.78. The second-order valence-corrected chi connectivity index (χ2v) is 5.59. The van der Waals surface area contributed by atoms with Gasteiger partial charge in [0.05, 0.1) is 0 Å². The summed E-state index contributed by atoms with van der Waals surface area (Å²) in [5.74, 6) is -0.845. The molecule has 1 saturated heterocycles. The first-order valence-electron chi connectivity index (χ1n) is 5.14. The number of ketones is 1. The molecule has 5 nitrogen and oxygen atoms in total. The molecule has 0 aliphatic carbocycles. The maximum atomic E-state index is 13.4. The number of nitrogens with zero attached hydrogens (tertiary/aromatic N) is 2. The van der Waals surface area contributed by atoms with Crippen molar-refractivity contribution in [2.75, 3.05) is 13.1 Å². The highest BCUT2D eigenvalue weighted by Crippen LogP contribution is 2.19. The molecule has 1 aliphatic heterocycles. The smallest absolute Gasteiger partial charge is 0.263 e. The Morgan fingerprint density at radius 1 is 1.29 bits per heavy atom. The van der Waals surface area contributed by atoms with E-state index in [-0.39, 0.29) is 31.7 Å². The van der Waals surface area contributed by atoms with E-state index in [1.807, 2.05) is 0 Å². The van der Waals surface area contributed by atoms with Gasteiger partial charge in [-0.1, -0.05) is 0 Å². The van der Waals surface area contributed by atoms with Crippen molar-refractivity contribution in [3.8, 4) is 0 Å². The van der Waals surface area contributed by atoms with Crippen molar-refractivity contribution in [3.05, 3.63) is 24.1 Å². The molecule has 0 atom stereocenters. The van der Waals surface area contributed by atoms with E-state index in [4.69, 9.17) is 0 Å². The van der Waals surface area contributed by atoms with Crippen LogP contribution in [0.25, 0.3) is 0 Å². The van der Waals surface area contributed by atoms with Crippen molar-refractivity contribution in [1.29, 1.82) is 0 Å². The second-order valence-electron chi connectivity index (χ2n) is 3.73. The second kappa shape index (κ2) is 4.50. The van der Waals surface area contributed by atoms with Crippen LogP contribution in [0.5, 0.6) is 0 Å². The molecule has 7 heteroatoms. The van der Waals surface area contributed by atoms with Crippen molar-refractivity contribution in [3.63, 3.8) is 0 Å². The zero-order valence-electron chi connectivity index (χ0n) is 8.97. The first-order chi connectivity index (χ1) is 8.01. The van der Waals surface area contributed by atoms with Crippen LogP contribution in [0.1, 0.15) is 12.8 Å². The van der Waals surface area contributed by atoms with Crippen LogP contribution in [0.3, 0.4) is 0 Å². The third kappa shape index (κ3) is 2.34. The zero-order chi connectivity index (χ0) is 12.5. The molecule has 0 unspecified atom stereocenters. The summed E-state index contributed by atoms with van der Waals surface area (Å²) in [6, 6.07) is 2.38. The minimum Gasteiger partial charge on any atom is -0.300 e. The number of halogens is 1. The quantitative estimate of drug-likeness (QED) is 0.778. The van der Waals surface area contributed by atoms with Gasteiger partial charge in [-0.05, 0) is 12.1 Å². The number of carbonyl (C=O) groups is 1. The van der Waals surface area contributed by atoms with E-state index in [2.05, 4.69) is 4.98 Å². The summed E-state index contributed by atoms with van der Waals surface area (Å²) in [6.45, 7) is 0.189. The minimum absolute atomic E-state index is 0.0259. The van der Waals surface area contributed by atoms with Crippen molar-refractivity contribution < 1.29 is 17.6 Å². The summed E-state index contributed by atoms with van der Waals surface area (Å²) in [5.41, 5.74) is 0. The number of hydrogen-bond acceptors (Lipinski definition) is 4. The molecule has 17 heavy (non-hydrogen) atoms. The molecule has 0 radical (unpaired) electrons. The van der Waals surface area contributed by atoms with Gasteiger partial charge in [0.1, 0.15) is 5.78 Å². The van der Waals surface area contributed by atoms with Crippen LogP contribution >= 0.6 is 0 Å². The third-order valence-corrected chi connectivity index (χ3v) is 4.42. The van der Waals surface area contributed by atoms with Gasteiger partial charge in [-0.2, -0.15) is 4.31 Å². The Bertz CT molecular complexity index is 534. The first-order valence-corrected chi connectivity index (χ1v) is 6.58. The van der Waals surface area contributed by atoms with E-state index in [0.29, 0.717) is 0 Å². The molecule has 1 aromatic rings. The molecule has 0 saturated carbocycles. The summed E-state index contributed by atoms with van der Waals surface area (Å²) < 4.78 is 38.5. The van der Waals surface area contributed by atoms with E-state index in [1.165, 1.54) is 12.3 Å². The average molecular weight is 258 g/mol. The molecule has 92 valence electrons. The predicted molar refractivity (Wildman–Crippen MR) is 57.2 cm³/mol. The van der Waals surface area contributed by atoms with E-state index in [0.717, 1.165) is 10.4 Å². The highest BCUT2D eigenvalue weighted by Gasteiger charge is 2.31. The van der Waals surface area contributed by atoms with E-state index < -0.39 is 20.9 Å². The summed E-state index contributed by atoms with van der Waals surface area (Å²) in [7, 11) is -3.92. The molecule has 0 N–H and O–H groups in total. The molecule has 2 rings (SSSR count). The topological polar surface area (TPSA) is 67.3 Å². The number of Topliss-reactive ketones (excluding diaryl/α,β-unsaturated/α-hetero) is 1. The normalized spacial score (nSPS) is 18.3. The van der Waals surface area contributed by atoms with Gasteiger partial charge in [0.15, 0.2) is 5.82 Å². The molecule has 1 aromatic heterocycles. The first kappa shape index (κ1) is 12.1. The Labute approximate surface area is 98.3 Å². The monoisotopic (exact) mass is 258 g/mol. The Morgan fingerprint density at radius 3 is 2.53 bits per heavy atom. The van der Waals surface area contributed by atoms with Crippen LogP contribution in [0.4, 0.5) is 4.39 Å². The minimum atomic E-state index is -3.92. The van der Waals surface area contributed by atoms with Gasteiger partial charge in [0.25, 0.3) is 10.0 Å². The lowest BCUT2D eigenvalue weighted by molar-refractivity contribution is -0.120. The summed E-state index contributed by atoms with van der Waals surface area (Å²) >= 11 is 0. The van der Waals surface area contributed by atoms with Gasteiger partial charge >= 0.3 is 0 Å². The summed E-state index contributed by atoms with van der Waals surface area (Å²) in [4.78, 5) is 14.6. The lowest BCUT2D eigenvalue weighted by atomic mass is 10.1. The fourth-order valence-electron chi connectivity index (χ4n) is 1.66. The van der Waals surface area contributed by atoms with Crippen LogP contribution in [0.2, 0.25) is 0 Å². The summed E-state index contributed by atoms with van der Waals surface area (Å²) in [5, 5.41) is -0.575. The molecular weight excluding hydrogens is 247 g/mol. The maximum absolute atomic E-state index is 13.4. The Kier molecular flexibility index (Phi) is 3.21. The molecule has 1 fully saturated rings. The molecule has 0 aromatic carbocycles. The number of hydrogen-bond donors (Lipinski definition) is 0. The van der Waals surface area contributed by atoms with Gasteiger partial charge in [0, 0.05) is 32.1 Å². The lowest BCUT2D eigenvalue weighted by Gasteiger charge is -2.24. The van der Waals surface area contributed by atoms with Crippen LogP contribution < -0.4 is 0 Å². The fourth-order valence-corrected chi connectivity index (χ4v) is 3.08. The molecular formula is C10H11FN2O3S.